The number of hydrogen-bond acceptors (Lipinski definition) is 2. The Balaban J connectivity index is 2.47. The van der Waals surface area contributed by atoms with E-state index in [0.29, 0.717) is 10.0 Å². The van der Waals surface area contributed by atoms with Crippen LogP contribution in [0.3, 0.4) is 0 Å². The van der Waals surface area contributed by atoms with Gasteiger partial charge in [0.25, 0.3) is 0 Å². The highest BCUT2D eigenvalue weighted by Crippen LogP contribution is 2.59. The van der Waals surface area contributed by atoms with Crippen molar-refractivity contribution in [1.29, 1.82) is 0 Å². The molecule has 2 rings (SSSR count). The van der Waals surface area contributed by atoms with E-state index >= 15 is 0 Å². The molecule has 1 fully saturated rings. The lowest BCUT2D eigenvalue weighted by Crippen LogP contribution is -2.06. The Morgan fingerprint density at radius 1 is 1.47 bits per heavy atom. The van der Waals surface area contributed by atoms with Crippen molar-refractivity contribution in [2.45, 2.75) is 25.8 Å². The maximum absolute atomic E-state index is 13.3. The van der Waals surface area contributed by atoms with E-state index in [-0.39, 0.29) is 23.1 Å². The van der Waals surface area contributed by atoms with Gasteiger partial charge in [0.1, 0.15) is 0 Å². The highest BCUT2D eigenvalue weighted by Gasteiger charge is 2.57. The fourth-order valence-corrected chi connectivity index (χ4v) is 2.54. The summed E-state index contributed by atoms with van der Waals surface area (Å²) in [6.07, 6.45) is 0. The Kier molecular flexibility index (Phi) is 2.32. The van der Waals surface area contributed by atoms with Gasteiger partial charge in [-0.15, -0.1) is 0 Å². The lowest BCUT2D eigenvalue weighted by molar-refractivity contribution is 0.423. The molecule has 15 heavy (non-hydrogen) atoms. The van der Waals surface area contributed by atoms with Crippen LogP contribution in [-0.2, 0) is 0 Å². The van der Waals surface area contributed by atoms with Crippen molar-refractivity contribution < 1.29 is 9.50 Å². The molecule has 1 aliphatic carbocycles. The summed E-state index contributed by atoms with van der Waals surface area (Å²) >= 11 is 3.21. The molecular formula is C11H13BrFNO. The number of hydrogen-bond donors (Lipinski definition) is 2. The fraction of sp³-hybridized carbons (Fsp3) is 0.455. The highest BCUT2D eigenvalue weighted by molar-refractivity contribution is 9.10. The summed E-state index contributed by atoms with van der Waals surface area (Å²) in [4.78, 5) is 0. The van der Waals surface area contributed by atoms with Gasteiger partial charge in [-0.2, -0.15) is 0 Å². The van der Waals surface area contributed by atoms with Crippen LogP contribution in [0.25, 0.3) is 0 Å². The van der Waals surface area contributed by atoms with Crippen LogP contribution in [0.1, 0.15) is 25.3 Å². The smallest absolute Gasteiger partial charge is 0.166 e. The molecule has 0 bridgehead atoms. The Morgan fingerprint density at radius 2 is 2.00 bits per heavy atom. The van der Waals surface area contributed by atoms with Gasteiger partial charge in [0.05, 0.1) is 0 Å². The number of nitrogens with two attached hydrogens (primary N) is 1. The van der Waals surface area contributed by atoms with Crippen molar-refractivity contribution in [3.63, 3.8) is 0 Å². The van der Waals surface area contributed by atoms with Gasteiger partial charge < -0.3 is 10.8 Å². The molecule has 1 aliphatic rings. The van der Waals surface area contributed by atoms with Gasteiger partial charge in [0, 0.05) is 22.0 Å². The molecule has 1 aromatic carbocycles. The first-order chi connectivity index (χ1) is 6.85. The third-order valence-corrected chi connectivity index (χ3v) is 3.76. The molecule has 0 saturated heterocycles. The van der Waals surface area contributed by atoms with Gasteiger partial charge in [0.2, 0.25) is 0 Å². The van der Waals surface area contributed by atoms with Crippen LogP contribution in [-0.4, -0.2) is 11.1 Å². The SMILES string of the molecule is CC1(C)[C@@H](N)[C@@H]1c1cc(Br)cc(F)c1O. The second-order valence-corrected chi connectivity index (χ2v) is 5.57. The predicted octanol–water partition coefficient (Wildman–Crippen LogP) is 2.74. The summed E-state index contributed by atoms with van der Waals surface area (Å²) in [5.41, 5.74) is 6.43. The first-order valence-electron chi connectivity index (χ1n) is 4.79. The zero-order chi connectivity index (χ0) is 11.4. The third kappa shape index (κ3) is 1.56. The summed E-state index contributed by atoms with van der Waals surface area (Å²) in [6.45, 7) is 4.03. The van der Waals surface area contributed by atoms with Crippen molar-refractivity contribution in [1.82, 2.24) is 0 Å². The van der Waals surface area contributed by atoms with Crippen molar-refractivity contribution in [3.8, 4) is 5.75 Å². The number of rotatable bonds is 1. The van der Waals surface area contributed by atoms with Gasteiger partial charge in [-0.25, -0.2) is 4.39 Å². The Bertz CT molecular complexity index is 419. The molecule has 0 aromatic heterocycles. The van der Waals surface area contributed by atoms with E-state index in [9.17, 15) is 9.50 Å². The minimum absolute atomic E-state index is 0.0166. The van der Waals surface area contributed by atoms with Gasteiger partial charge in [-0.1, -0.05) is 29.8 Å². The summed E-state index contributed by atoms with van der Waals surface area (Å²) in [5, 5.41) is 9.63. The molecule has 0 spiro atoms. The quantitative estimate of drug-likeness (QED) is 0.827. The van der Waals surface area contributed by atoms with E-state index in [0.717, 1.165) is 0 Å². The molecule has 1 saturated carbocycles. The first kappa shape index (κ1) is 10.9. The van der Waals surface area contributed by atoms with Crippen LogP contribution in [0.4, 0.5) is 4.39 Å². The number of phenolic OH excluding ortho intramolecular Hbond substituents is 1. The molecule has 2 atom stereocenters. The highest BCUT2D eigenvalue weighted by atomic mass is 79.9. The number of benzene rings is 1. The molecule has 0 unspecified atom stereocenters. The zero-order valence-electron chi connectivity index (χ0n) is 8.59. The summed E-state index contributed by atoms with van der Waals surface area (Å²) in [5.74, 6) is -0.844. The fourth-order valence-electron chi connectivity index (χ4n) is 2.09. The molecule has 0 aliphatic heterocycles. The summed E-state index contributed by atoms with van der Waals surface area (Å²) < 4.78 is 13.9. The van der Waals surface area contributed by atoms with Crippen molar-refractivity contribution in [2.24, 2.45) is 11.1 Å². The maximum Gasteiger partial charge on any atom is 0.166 e. The Morgan fingerprint density at radius 3 is 2.47 bits per heavy atom. The van der Waals surface area contributed by atoms with E-state index in [1.165, 1.54) is 6.07 Å². The van der Waals surface area contributed by atoms with Gasteiger partial charge in [-0.05, 0) is 17.5 Å². The maximum atomic E-state index is 13.3. The molecule has 2 nitrogen and oxygen atoms in total. The molecule has 0 heterocycles. The molecule has 4 heteroatoms. The average molecular weight is 274 g/mol. The lowest BCUT2D eigenvalue weighted by Gasteiger charge is -2.07. The van der Waals surface area contributed by atoms with E-state index < -0.39 is 5.82 Å². The van der Waals surface area contributed by atoms with E-state index in [2.05, 4.69) is 15.9 Å². The summed E-state index contributed by atoms with van der Waals surface area (Å²) in [6, 6.07) is 2.97. The van der Waals surface area contributed by atoms with Crippen LogP contribution < -0.4 is 5.73 Å². The lowest BCUT2D eigenvalue weighted by atomic mass is 10.0. The van der Waals surface area contributed by atoms with E-state index in [4.69, 9.17) is 5.73 Å². The Labute approximate surface area is 96.4 Å². The average Bonchev–Trinajstić information content (AvgIpc) is 2.60. The predicted molar refractivity (Wildman–Crippen MR) is 60.3 cm³/mol. The van der Waals surface area contributed by atoms with Crippen molar-refractivity contribution in [2.75, 3.05) is 0 Å². The number of halogens is 2. The Hall–Kier alpha value is -0.610. The molecule has 82 valence electrons. The normalized spacial score (nSPS) is 27.8. The number of phenols is 1. The topological polar surface area (TPSA) is 46.2 Å². The summed E-state index contributed by atoms with van der Waals surface area (Å²) in [7, 11) is 0. The second kappa shape index (κ2) is 3.19. The van der Waals surface area contributed by atoms with Crippen LogP contribution in [0.5, 0.6) is 5.75 Å². The van der Waals surface area contributed by atoms with Gasteiger partial charge in [-0.3, -0.25) is 0 Å². The van der Waals surface area contributed by atoms with E-state index in [1.807, 2.05) is 13.8 Å². The third-order valence-electron chi connectivity index (χ3n) is 3.30. The van der Waals surface area contributed by atoms with Gasteiger partial charge in [0.15, 0.2) is 11.6 Å². The van der Waals surface area contributed by atoms with Gasteiger partial charge >= 0.3 is 0 Å². The largest absolute Gasteiger partial charge is 0.505 e. The first-order valence-corrected chi connectivity index (χ1v) is 5.58. The van der Waals surface area contributed by atoms with Crippen LogP contribution in [0, 0.1) is 11.2 Å². The van der Waals surface area contributed by atoms with Crippen LogP contribution in [0.2, 0.25) is 0 Å². The molecule has 0 radical (unpaired) electrons. The minimum atomic E-state index is -0.603. The van der Waals surface area contributed by atoms with E-state index in [1.54, 1.807) is 6.07 Å². The van der Waals surface area contributed by atoms with Crippen molar-refractivity contribution >= 4 is 15.9 Å². The second-order valence-electron chi connectivity index (χ2n) is 4.65. The molecule has 1 aromatic rings. The van der Waals surface area contributed by atoms with Crippen LogP contribution >= 0.6 is 15.9 Å². The molecule has 0 amide bonds. The monoisotopic (exact) mass is 273 g/mol. The minimum Gasteiger partial charge on any atom is -0.505 e. The standard InChI is InChI=1S/C11H13BrFNO/c1-11(2)8(10(11)14)6-3-5(12)4-7(13)9(6)15/h3-4,8,10,15H,14H2,1-2H3/t8-,10-/m0/s1. The zero-order valence-corrected chi connectivity index (χ0v) is 10.2. The van der Waals surface area contributed by atoms with Crippen molar-refractivity contribution in [3.05, 3.63) is 28.0 Å². The molecular weight excluding hydrogens is 261 g/mol. The van der Waals surface area contributed by atoms with Crippen LogP contribution in [0.15, 0.2) is 16.6 Å². The molecule has 3 N–H and O–H groups in total. The number of aromatic hydroxyl groups is 1.